The van der Waals surface area contributed by atoms with Crippen LogP contribution in [0.3, 0.4) is 0 Å². The maximum atomic E-state index is 13.7. The molecular formula is C41H48N10O3. The van der Waals surface area contributed by atoms with Gasteiger partial charge in [0.2, 0.25) is 11.8 Å². The number of imide groups is 1. The van der Waals surface area contributed by atoms with Gasteiger partial charge in [0.1, 0.15) is 6.07 Å². The van der Waals surface area contributed by atoms with Crippen LogP contribution in [0.15, 0.2) is 55.0 Å². The number of amides is 3. The van der Waals surface area contributed by atoms with Crippen LogP contribution in [0.1, 0.15) is 104 Å². The minimum atomic E-state index is -0.250. The first-order valence-corrected chi connectivity index (χ1v) is 19.6. The number of hydrogen-bond donors (Lipinski definition) is 4. The number of carbonyl (C=O) groups is 3. The molecule has 1 atom stereocenters. The summed E-state index contributed by atoms with van der Waals surface area (Å²) in [7, 11) is 0. The Morgan fingerprint density at radius 2 is 1.65 bits per heavy atom. The van der Waals surface area contributed by atoms with Crippen molar-refractivity contribution in [1.82, 2.24) is 35.7 Å². The van der Waals surface area contributed by atoms with E-state index in [0.29, 0.717) is 53.4 Å². The number of piperidine rings is 2. The lowest BCUT2D eigenvalue weighted by molar-refractivity contribution is -0.134. The molecular weight excluding hydrogens is 681 g/mol. The van der Waals surface area contributed by atoms with Crippen LogP contribution in [-0.4, -0.2) is 75.2 Å². The third-order valence-electron chi connectivity index (χ3n) is 11.9. The monoisotopic (exact) mass is 728 g/mol. The minimum absolute atomic E-state index is 0.101. The molecule has 3 amide bonds. The van der Waals surface area contributed by atoms with Gasteiger partial charge in [-0.25, -0.2) is 9.97 Å². The zero-order chi connectivity index (χ0) is 37.0. The number of nitriles is 1. The van der Waals surface area contributed by atoms with Crippen LogP contribution in [0.5, 0.6) is 0 Å². The van der Waals surface area contributed by atoms with Crippen molar-refractivity contribution in [3.63, 3.8) is 0 Å². The van der Waals surface area contributed by atoms with Crippen molar-refractivity contribution in [3.8, 4) is 11.9 Å². The molecule has 2 saturated carbocycles. The van der Waals surface area contributed by atoms with Gasteiger partial charge in [0, 0.05) is 67.2 Å². The van der Waals surface area contributed by atoms with E-state index in [0.717, 1.165) is 87.6 Å². The second kappa shape index (κ2) is 15.9. The van der Waals surface area contributed by atoms with E-state index in [-0.39, 0.29) is 29.7 Å². The standard InChI is InChI=1S/C41H48N10O3/c42-21-27-19-29-24-46-51(39(29)45-23-27)37-20-36(47-31-3-1-2-4-31)35(25-44-37)41(54)48-32-9-5-26(6-10-32)22-43-30-15-17-50(18-16-30)33-11-7-28(8-12-33)34-13-14-38(52)49-40(34)53/h7-8,11-12,19-20,23-26,30-32,34,43H,1-6,9-10,13-18,22H2,(H,44,47)(H,48,54)(H,49,52,53). The second-order valence-corrected chi connectivity index (χ2v) is 15.5. The van der Waals surface area contributed by atoms with E-state index in [2.05, 4.69) is 59.4 Å². The molecule has 4 aromatic rings. The highest BCUT2D eigenvalue weighted by Crippen LogP contribution is 2.30. The number of pyridine rings is 2. The van der Waals surface area contributed by atoms with E-state index in [4.69, 9.17) is 0 Å². The Morgan fingerprint density at radius 1 is 0.870 bits per heavy atom. The molecule has 1 unspecified atom stereocenters. The van der Waals surface area contributed by atoms with E-state index in [9.17, 15) is 19.6 Å². The third kappa shape index (κ3) is 7.94. The average molecular weight is 729 g/mol. The molecule has 280 valence electrons. The molecule has 4 N–H and O–H groups in total. The molecule has 5 heterocycles. The first-order chi connectivity index (χ1) is 26.4. The van der Waals surface area contributed by atoms with Gasteiger partial charge in [-0.1, -0.05) is 25.0 Å². The van der Waals surface area contributed by atoms with E-state index < -0.39 is 0 Å². The zero-order valence-corrected chi connectivity index (χ0v) is 30.6. The van der Waals surface area contributed by atoms with Crippen molar-refractivity contribution in [2.45, 2.75) is 101 Å². The van der Waals surface area contributed by atoms with Gasteiger partial charge in [-0.05, 0) is 94.0 Å². The topological polar surface area (TPSA) is 170 Å². The molecule has 13 heteroatoms. The number of nitrogens with one attached hydrogen (secondary N) is 4. The Bertz CT molecular complexity index is 2030. The smallest absolute Gasteiger partial charge is 0.255 e. The highest BCUT2D eigenvalue weighted by atomic mass is 16.2. The molecule has 4 fully saturated rings. The number of anilines is 2. The van der Waals surface area contributed by atoms with Crippen molar-refractivity contribution in [3.05, 3.63) is 71.7 Å². The van der Waals surface area contributed by atoms with Crippen molar-refractivity contribution in [2.24, 2.45) is 5.92 Å². The lowest BCUT2D eigenvalue weighted by Crippen LogP contribution is -2.45. The zero-order valence-electron chi connectivity index (χ0n) is 30.6. The molecule has 2 saturated heterocycles. The summed E-state index contributed by atoms with van der Waals surface area (Å²) in [6.45, 7) is 2.97. The second-order valence-electron chi connectivity index (χ2n) is 15.5. The summed E-state index contributed by atoms with van der Waals surface area (Å²) in [4.78, 5) is 49.1. The van der Waals surface area contributed by atoms with Gasteiger partial charge >= 0.3 is 0 Å². The number of nitrogens with zero attached hydrogens (tertiary/aromatic N) is 6. The average Bonchev–Trinajstić information content (AvgIpc) is 3.88. The van der Waals surface area contributed by atoms with Gasteiger partial charge in [-0.3, -0.25) is 19.7 Å². The summed E-state index contributed by atoms with van der Waals surface area (Å²) < 4.78 is 1.65. The first kappa shape index (κ1) is 35.7. The maximum absolute atomic E-state index is 13.7. The Kier molecular flexibility index (Phi) is 10.5. The first-order valence-electron chi connectivity index (χ1n) is 19.6. The van der Waals surface area contributed by atoms with Crippen molar-refractivity contribution in [1.29, 1.82) is 5.26 Å². The fraction of sp³-hybridized carbons (Fsp3) is 0.488. The Hall–Kier alpha value is -5.35. The van der Waals surface area contributed by atoms with Crippen LogP contribution in [-0.2, 0) is 9.59 Å². The van der Waals surface area contributed by atoms with Crippen molar-refractivity contribution < 1.29 is 14.4 Å². The summed E-state index contributed by atoms with van der Waals surface area (Å²) in [5, 5.41) is 27.8. The minimum Gasteiger partial charge on any atom is -0.382 e. The predicted molar refractivity (Wildman–Crippen MR) is 205 cm³/mol. The molecule has 2 aliphatic heterocycles. The van der Waals surface area contributed by atoms with Gasteiger partial charge in [0.25, 0.3) is 5.91 Å². The van der Waals surface area contributed by atoms with Crippen molar-refractivity contribution in [2.75, 3.05) is 29.9 Å². The Labute approximate surface area is 315 Å². The Morgan fingerprint density at radius 3 is 2.39 bits per heavy atom. The summed E-state index contributed by atoms with van der Waals surface area (Å²) in [5.74, 6) is 0.436. The van der Waals surface area contributed by atoms with Gasteiger partial charge in [-0.2, -0.15) is 15.0 Å². The molecule has 8 rings (SSSR count). The van der Waals surface area contributed by atoms with Gasteiger partial charge in [-0.15, -0.1) is 0 Å². The van der Waals surface area contributed by atoms with Crippen LogP contribution in [0.25, 0.3) is 16.9 Å². The van der Waals surface area contributed by atoms with Crippen LogP contribution in [0, 0.1) is 17.2 Å². The fourth-order valence-corrected chi connectivity index (χ4v) is 8.68. The molecule has 0 spiro atoms. The summed E-state index contributed by atoms with van der Waals surface area (Å²) >= 11 is 0. The van der Waals surface area contributed by atoms with Gasteiger partial charge < -0.3 is 20.9 Å². The summed E-state index contributed by atoms with van der Waals surface area (Å²) in [5.41, 5.74) is 4.53. The quantitative estimate of drug-likeness (QED) is 0.161. The number of aromatic nitrogens is 4. The summed E-state index contributed by atoms with van der Waals surface area (Å²) in [6, 6.07) is 15.0. The lowest BCUT2D eigenvalue weighted by Gasteiger charge is -2.36. The van der Waals surface area contributed by atoms with Crippen LogP contribution in [0.4, 0.5) is 11.4 Å². The highest BCUT2D eigenvalue weighted by Gasteiger charge is 2.29. The van der Waals surface area contributed by atoms with Gasteiger partial charge in [0.15, 0.2) is 11.5 Å². The molecule has 13 nitrogen and oxygen atoms in total. The van der Waals surface area contributed by atoms with Gasteiger partial charge in [0.05, 0.1) is 28.9 Å². The molecule has 3 aromatic heterocycles. The fourth-order valence-electron chi connectivity index (χ4n) is 8.68. The molecule has 0 bridgehead atoms. The number of carbonyl (C=O) groups excluding carboxylic acids is 3. The lowest BCUT2D eigenvalue weighted by atomic mass is 9.85. The number of benzene rings is 1. The normalized spacial score (nSPS) is 22.6. The van der Waals surface area contributed by atoms with E-state index in [1.807, 2.05) is 18.2 Å². The number of hydrogen-bond acceptors (Lipinski definition) is 10. The molecule has 0 radical (unpaired) electrons. The molecule has 4 aliphatic rings. The summed E-state index contributed by atoms with van der Waals surface area (Å²) in [6.07, 6.45) is 16.5. The van der Waals surface area contributed by atoms with E-state index in [1.54, 1.807) is 23.1 Å². The van der Waals surface area contributed by atoms with E-state index in [1.165, 1.54) is 24.7 Å². The predicted octanol–water partition coefficient (Wildman–Crippen LogP) is 5.11. The maximum Gasteiger partial charge on any atom is 0.255 e. The molecule has 1 aromatic carbocycles. The largest absolute Gasteiger partial charge is 0.382 e. The van der Waals surface area contributed by atoms with E-state index >= 15 is 0 Å². The van der Waals surface area contributed by atoms with Crippen LogP contribution in [0.2, 0.25) is 0 Å². The highest BCUT2D eigenvalue weighted by molar-refractivity contribution is 6.01. The van der Waals surface area contributed by atoms with Crippen LogP contribution >= 0.6 is 0 Å². The number of rotatable bonds is 10. The SMILES string of the molecule is N#Cc1cnc2c(cnn2-c2cc(NC3CCCC3)c(C(=O)NC3CCC(CNC4CCN(c5ccc(C6CCC(=O)NC6=O)cc5)CC4)CC3)cn2)c1. The molecule has 2 aliphatic carbocycles. The number of fused-ring (bicyclic) bond motifs is 1. The van der Waals surface area contributed by atoms with Crippen LogP contribution < -0.4 is 26.2 Å². The van der Waals surface area contributed by atoms with Crippen molar-refractivity contribution >= 4 is 40.1 Å². The third-order valence-corrected chi connectivity index (χ3v) is 11.9. The molecule has 54 heavy (non-hydrogen) atoms. The Balaban J connectivity index is 0.813.